The van der Waals surface area contributed by atoms with Gasteiger partial charge in [-0.2, -0.15) is 0 Å². The number of benzene rings is 4. The number of methoxy groups -OCH3 is 2. The first kappa shape index (κ1) is 27.6. The molecule has 43 heavy (non-hydrogen) atoms. The lowest BCUT2D eigenvalue weighted by Crippen LogP contribution is -2.10. The Morgan fingerprint density at radius 3 is 2.37 bits per heavy atom. The molecule has 0 amide bonds. The number of aromatic carboxylic acids is 1. The first-order chi connectivity index (χ1) is 20.9. The van der Waals surface area contributed by atoms with Crippen LogP contribution in [0.15, 0.2) is 96.1 Å². The maximum Gasteiger partial charge on any atom is 0.339 e. The smallest absolute Gasteiger partial charge is 0.339 e. The summed E-state index contributed by atoms with van der Waals surface area (Å²) in [5.41, 5.74) is 5.18. The highest BCUT2D eigenvalue weighted by Crippen LogP contribution is 2.39. The largest absolute Gasteiger partial charge is 0.496 e. The lowest BCUT2D eigenvalue weighted by atomic mass is 9.89. The molecule has 1 aromatic heterocycles. The molecule has 6 rings (SSSR count). The van der Waals surface area contributed by atoms with Gasteiger partial charge in [0.15, 0.2) is 0 Å². The molecule has 0 bridgehead atoms. The van der Waals surface area contributed by atoms with Gasteiger partial charge in [-0.3, -0.25) is 4.99 Å². The Hall–Kier alpha value is -5.57. The van der Waals surface area contributed by atoms with Gasteiger partial charge in [0.05, 0.1) is 32.0 Å². The van der Waals surface area contributed by atoms with E-state index in [0.29, 0.717) is 39.7 Å². The van der Waals surface area contributed by atoms with Gasteiger partial charge in [0.25, 0.3) is 0 Å². The van der Waals surface area contributed by atoms with Crippen molar-refractivity contribution < 1.29 is 28.2 Å². The summed E-state index contributed by atoms with van der Waals surface area (Å²) in [6.07, 6.45) is 1.69. The third-order valence-electron chi connectivity index (χ3n) is 7.28. The number of aliphatic imine (C=N–C) groups is 1. The monoisotopic (exact) mass is 577 g/mol. The molecule has 7 nitrogen and oxygen atoms in total. The van der Waals surface area contributed by atoms with Crippen LogP contribution in [0.1, 0.15) is 27.0 Å². The molecule has 9 heteroatoms. The summed E-state index contributed by atoms with van der Waals surface area (Å²) in [5, 5.41) is 12.6. The number of pyridine rings is 1. The van der Waals surface area contributed by atoms with E-state index >= 15 is 4.39 Å². The Kier molecular flexibility index (Phi) is 7.29. The zero-order valence-electron chi connectivity index (χ0n) is 23.2. The fourth-order valence-corrected chi connectivity index (χ4v) is 5.23. The summed E-state index contributed by atoms with van der Waals surface area (Å²) in [7, 11) is 2.88. The Morgan fingerprint density at radius 2 is 1.60 bits per heavy atom. The van der Waals surface area contributed by atoms with E-state index in [9.17, 15) is 14.3 Å². The molecule has 2 heterocycles. The molecule has 0 radical (unpaired) electrons. The van der Waals surface area contributed by atoms with Crippen molar-refractivity contribution in [1.29, 1.82) is 0 Å². The van der Waals surface area contributed by atoms with Crippen molar-refractivity contribution in [3.05, 3.63) is 125 Å². The molecule has 0 unspecified atom stereocenters. The van der Waals surface area contributed by atoms with Gasteiger partial charge < -0.3 is 19.9 Å². The summed E-state index contributed by atoms with van der Waals surface area (Å²) >= 11 is 0. The molecule has 5 aromatic rings. The highest BCUT2D eigenvalue weighted by atomic mass is 19.1. The fourth-order valence-electron chi connectivity index (χ4n) is 5.23. The van der Waals surface area contributed by atoms with Gasteiger partial charge in [-0.1, -0.05) is 36.4 Å². The Morgan fingerprint density at radius 1 is 0.814 bits per heavy atom. The molecule has 0 saturated carbocycles. The Labute approximate surface area is 246 Å². The lowest BCUT2D eigenvalue weighted by Gasteiger charge is -2.17. The molecular formula is C34H25F2N3O4. The Bertz CT molecular complexity index is 1920. The van der Waals surface area contributed by atoms with Crippen LogP contribution in [0.3, 0.4) is 0 Å². The molecule has 0 spiro atoms. The molecule has 2 N–H and O–H groups in total. The first-order valence-corrected chi connectivity index (χ1v) is 13.3. The zero-order valence-corrected chi connectivity index (χ0v) is 23.2. The van der Waals surface area contributed by atoms with Gasteiger partial charge in [0.2, 0.25) is 0 Å². The third-order valence-corrected chi connectivity index (χ3v) is 7.28. The van der Waals surface area contributed by atoms with Crippen LogP contribution in [0.2, 0.25) is 0 Å². The van der Waals surface area contributed by atoms with Gasteiger partial charge in [0.1, 0.15) is 34.5 Å². The number of carboxylic acids is 1. The third kappa shape index (κ3) is 5.17. The zero-order chi connectivity index (χ0) is 30.1. The van der Waals surface area contributed by atoms with Crippen molar-refractivity contribution in [3.63, 3.8) is 0 Å². The lowest BCUT2D eigenvalue weighted by molar-refractivity contribution is 0.0693. The van der Waals surface area contributed by atoms with Crippen LogP contribution >= 0.6 is 0 Å². The average molecular weight is 578 g/mol. The standard InChI is InChI=1S/C34H25F2N3O4/c1-42-29-9-5-8-28(36)32(29)33-26-14-19(22-6-3-4-7-27(22)35)10-12-23(26)25-16-31(37-17-20(25)18-38-33)39-21-11-13-24(34(40)41)30(15-21)43-2/h3-17H,18H2,1-2H3,(H,37,39)(H,40,41). The predicted octanol–water partition coefficient (Wildman–Crippen LogP) is 7.50. The number of nitrogens with zero attached hydrogens (tertiary/aromatic N) is 2. The van der Waals surface area contributed by atoms with Crippen LogP contribution in [-0.4, -0.2) is 36.0 Å². The van der Waals surface area contributed by atoms with E-state index in [1.807, 2.05) is 24.3 Å². The number of nitrogens with one attached hydrogen (secondary N) is 1. The molecule has 1 aliphatic rings. The van der Waals surface area contributed by atoms with E-state index in [-0.39, 0.29) is 29.2 Å². The fraction of sp³-hybridized carbons (Fsp3) is 0.0882. The van der Waals surface area contributed by atoms with Crippen molar-refractivity contribution in [2.45, 2.75) is 6.54 Å². The average Bonchev–Trinajstić information content (AvgIpc) is 3.17. The van der Waals surface area contributed by atoms with E-state index in [0.717, 1.165) is 16.7 Å². The summed E-state index contributed by atoms with van der Waals surface area (Å²) < 4.78 is 41.0. The second kappa shape index (κ2) is 11.4. The normalized spacial score (nSPS) is 12.0. The van der Waals surface area contributed by atoms with E-state index in [2.05, 4.69) is 10.3 Å². The molecule has 0 fully saturated rings. The number of carbonyl (C=O) groups is 1. The molecule has 1 aliphatic heterocycles. The second-order valence-corrected chi connectivity index (χ2v) is 9.79. The topological polar surface area (TPSA) is 93.0 Å². The van der Waals surface area contributed by atoms with Crippen molar-refractivity contribution in [2.75, 3.05) is 19.5 Å². The molecule has 0 saturated heterocycles. The predicted molar refractivity (Wildman–Crippen MR) is 161 cm³/mol. The van der Waals surface area contributed by atoms with Crippen LogP contribution in [0.25, 0.3) is 22.3 Å². The molecule has 0 atom stereocenters. The molecule has 214 valence electrons. The van der Waals surface area contributed by atoms with Crippen LogP contribution in [-0.2, 0) is 6.54 Å². The van der Waals surface area contributed by atoms with E-state index in [4.69, 9.17) is 14.5 Å². The minimum atomic E-state index is -1.10. The Balaban J connectivity index is 1.50. The number of halogens is 2. The minimum Gasteiger partial charge on any atom is -0.496 e. The van der Waals surface area contributed by atoms with Gasteiger partial charge >= 0.3 is 5.97 Å². The summed E-state index contributed by atoms with van der Waals surface area (Å²) in [6.45, 7) is 0.209. The van der Waals surface area contributed by atoms with Gasteiger partial charge in [-0.25, -0.2) is 18.6 Å². The van der Waals surface area contributed by atoms with Crippen molar-refractivity contribution in [1.82, 2.24) is 4.98 Å². The maximum absolute atomic E-state index is 15.4. The number of hydrogen-bond acceptors (Lipinski definition) is 6. The van der Waals surface area contributed by atoms with Crippen LogP contribution in [0.5, 0.6) is 11.5 Å². The number of fused-ring (bicyclic) bond motifs is 3. The number of ether oxygens (including phenoxy) is 2. The number of carboxylic acid groups (broad SMARTS) is 1. The molecule has 4 aromatic carbocycles. The first-order valence-electron chi connectivity index (χ1n) is 13.3. The second-order valence-electron chi connectivity index (χ2n) is 9.79. The highest BCUT2D eigenvalue weighted by Gasteiger charge is 2.25. The summed E-state index contributed by atoms with van der Waals surface area (Å²) in [4.78, 5) is 20.9. The van der Waals surface area contributed by atoms with Crippen LogP contribution in [0, 0.1) is 11.6 Å². The number of aromatic nitrogens is 1. The van der Waals surface area contributed by atoms with Crippen molar-refractivity contribution in [2.24, 2.45) is 4.99 Å². The summed E-state index contributed by atoms with van der Waals surface area (Å²) in [5.74, 6) is -0.953. The highest BCUT2D eigenvalue weighted by molar-refractivity contribution is 6.19. The van der Waals surface area contributed by atoms with Gasteiger partial charge in [-0.15, -0.1) is 0 Å². The number of anilines is 2. The molecule has 0 aliphatic carbocycles. The maximum atomic E-state index is 15.4. The summed E-state index contributed by atoms with van der Waals surface area (Å²) in [6, 6.07) is 23.1. The van der Waals surface area contributed by atoms with Crippen LogP contribution in [0.4, 0.5) is 20.3 Å². The van der Waals surface area contributed by atoms with Gasteiger partial charge in [0, 0.05) is 29.1 Å². The SMILES string of the molecule is COc1cc(Nc2cc3c(cn2)CN=C(c2c(F)cccc2OC)c2cc(-c4ccccc4F)ccc2-3)ccc1C(=O)O. The number of hydrogen-bond donors (Lipinski definition) is 2. The van der Waals surface area contributed by atoms with E-state index in [1.165, 1.54) is 32.4 Å². The number of rotatable bonds is 7. The minimum absolute atomic E-state index is 0.0378. The quantitative estimate of drug-likeness (QED) is 0.208. The molecular weight excluding hydrogens is 552 g/mol. The van der Waals surface area contributed by atoms with E-state index < -0.39 is 11.8 Å². The van der Waals surface area contributed by atoms with Crippen molar-refractivity contribution in [3.8, 4) is 33.8 Å². The van der Waals surface area contributed by atoms with Crippen molar-refractivity contribution >= 4 is 23.2 Å². The van der Waals surface area contributed by atoms with Gasteiger partial charge in [-0.05, 0) is 64.7 Å². The van der Waals surface area contributed by atoms with E-state index in [1.54, 1.807) is 48.7 Å². The van der Waals surface area contributed by atoms with Crippen LogP contribution < -0.4 is 14.8 Å².